The van der Waals surface area contributed by atoms with E-state index in [9.17, 15) is 10.1 Å². The molecule has 4 aromatic rings. The molecule has 0 atom stereocenters. The first kappa shape index (κ1) is 18.7. The number of rotatable bonds is 6. The molecule has 29 heavy (non-hydrogen) atoms. The average molecular weight is 412 g/mol. The zero-order valence-electron chi connectivity index (χ0n) is 15.8. The number of hydrogen-bond acceptors (Lipinski definition) is 8. The number of ether oxygens (including phenoxy) is 3. The molecular weight excluding hydrogens is 396 g/mol. The zero-order valence-corrected chi connectivity index (χ0v) is 16.6. The molecule has 2 heterocycles. The topological polar surface area (TPSA) is 101 Å². The Kier molecular flexibility index (Phi) is 4.77. The van der Waals surface area contributed by atoms with E-state index >= 15 is 0 Å². The van der Waals surface area contributed by atoms with Gasteiger partial charge in [0.25, 0.3) is 5.69 Å². The fourth-order valence-electron chi connectivity index (χ4n) is 2.99. The highest BCUT2D eigenvalue weighted by atomic mass is 32.1. The van der Waals surface area contributed by atoms with Gasteiger partial charge in [0.1, 0.15) is 0 Å². The summed E-state index contributed by atoms with van der Waals surface area (Å²) in [7, 11) is 4.62. The van der Waals surface area contributed by atoms with E-state index in [0.717, 1.165) is 5.69 Å². The molecule has 148 valence electrons. The molecule has 0 fully saturated rings. The van der Waals surface area contributed by atoms with Crippen LogP contribution in [-0.4, -0.2) is 40.9 Å². The molecule has 0 bridgehead atoms. The van der Waals surface area contributed by atoms with Crippen LogP contribution in [0.2, 0.25) is 0 Å². The van der Waals surface area contributed by atoms with Crippen molar-refractivity contribution < 1.29 is 19.1 Å². The van der Waals surface area contributed by atoms with Crippen molar-refractivity contribution >= 4 is 22.0 Å². The molecule has 0 saturated heterocycles. The molecule has 0 N–H and O–H groups in total. The lowest BCUT2D eigenvalue weighted by Gasteiger charge is -2.12. The monoisotopic (exact) mass is 412 g/mol. The van der Waals surface area contributed by atoms with Crippen LogP contribution in [0.4, 0.5) is 5.69 Å². The molecule has 2 aromatic carbocycles. The van der Waals surface area contributed by atoms with Crippen molar-refractivity contribution in [2.45, 2.75) is 0 Å². The summed E-state index contributed by atoms with van der Waals surface area (Å²) in [5, 5.41) is 17.6. The minimum atomic E-state index is -0.421. The van der Waals surface area contributed by atoms with E-state index in [4.69, 9.17) is 14.2 Å². The first-order valence-corrected chi connectivity index (χ1v) is 9.33. The summed E-state index contributed by atoms with van der Waals surface area (Å²) in [6, 6.07) is 9.96. The summed E-state index contributed by atoms with van der Waals surface area (Å²) in [5.41, 5.74) is 2.12. The highest BCUT2D eigenvalue weighted by Crippen LogP contribution is 2.41. The third-order valence-electron chi connectivity index (χ3n) is 4.36. The Hall–Kier alpha value is -3.66. The molecule has 10 heteroatoms. The lowest BCUT2D eigenvalue weighted by molar-refractivity contribution is -0.384. The molecule has 4 rings (SSSR count). The van der Waals surface area contributed by atoms with Gasteiger partial charge in [0, 0.05) is 28.6 Å². The SMILES string of the molecule is COc1cc(-c2nc3scc(-c4cccc([N+](=O)[O-])c4)n3n2)cc(OC)c1OC. The van der Waals surface area contributed by atoms with Crippen LogP contribution in [0, 0.1) is 10.1 Å². The Morgan fingerprint density at radius 3 is 2.38 bits per heavy atom. The molecule has 0 aliphatic heterocycles. The van der Waals surface area contributed by atoms with Crippen molar-refractivity contribution in [1.29, 1.82) is 0 Å². The van der Waals surface area contributed by atoms with E-state index in [-0.39, 0.29) is 5.69 Å². The lowest BCUT2D eigenvalue weighted by Crippen LogP contribution is -1.96. The Morgan fingerprint density at radius 2 is 1.76 bits per heavy atom. The van der Waals surface area contributed by atoms with Gasteiger partial charge in [0.2, 0.25) is 10.7 Å². The smallest absolute Gasteiger partial charge is 0.270 e. The van der Waals surface area contributed by atoms with E-state index < -0.39 is 4.92 Å². The maximum Gasteiger partial charge on any atom is 0.270 e. The van der Waals surface area contributed by atoms with Crippen LogP contribution in [-0.2, 0) is 0 Å². The van der Waals surface area contributed by atoms with E-state index in [1.54, 1.807) is 43.0 Å². The predicted octanol–water partition coefficient (Wildman–Crippen LogP) is 4.06. The van der Waals surface area contributed by atoms with Crippen LogP contribution >= 0.6 is 11.3 Å². The molecule has 9 nitrogen and oxygen atoms in total. The lowest BCUT2D eigenvalue weighted by atomic mass is 10.1. The minimum Gasteiger partial charge on any atom is -0.493 e. The first-order chi connectivity index (χ1) is 14.0. The van der Waals surface area contributed by atoms with E-state index in [1.165, 1.54) is 30.6 Å². The van der Waals surface area contributed by atoms with Crippen LogP contribution in [0.1, 0.15) is 0 Å². The van der Waals surface area contributed by atoms with Gasteiger partial charge in [-0.15, -0.1) is 16.4 Å². The van der Waals surface area contributed by atoms with Crippen LogP contribution in [0.5, 0.6) is 17.2 Å². The molecule has 0 saturated carbocycles. The number of nitro groups is 1. The fourth-order valence-corrected chi connectivity index (χ4v) is 3.82. The number of hydrogen-bond donors (Lipinski definition) is 0. The first-order valence-electron chi connectivity index (χ1n) is 8.45. The standard InChI is InChI=1S/C19H16N4O5S/c1-26-15-8-12(9-16(27-2)17(15)28-3)18-20-19-22(21-18)14(10-29-19)11-5-4-6-13(7-11)23(24)25/h4-10H,1-3H3. The second kappa shape index (κ2) is 7.40. The quantitative estimate of drug-likeness (QED) is 0.348. The average Bonchev–Trinajstić information content (AvgIpc) is 3.33. The Balaban J connectivity index is 1.82. The van der Waals surface area contributed by atoms with Crippen LogP contribution < -0.4 is 14.2 Å². The van der Waals surface area contributed by atoms with Crippen molar-refractivity contribution in [3.8, 4) is 39.9 Å². The Morgan fingerprint density at radius 1 is 1.03 bits per heavy atom. The van der Waals surface area contributed by atoms with Crippen molar-refractivity contribution in [2.75, 3.05) is 21.3 Å². The number of aromatic nitrogens is 3. The number of nitro benzene ring substituents is 1. The third kappa shape index (κ3) is 3.23. The van der Waals surface area contributed by atoms with Gasteiger partial charge in [-0.25, -0.2) is 4.52 Å². The number of non-ortho nitro benzene ring substituents is 1. The molecule has 0 spiro atoms. The van der Waals surface area contributed by atoms with Gasteiger partial charge in [-0.05, 0) is 12.1 Å². The van der Waals surface area contributed by atoms with Crippen molar-refractivity contribution in [2.24, 2.45) is 0 Å². The summed E-state index contributed by atoms with van der Waals surface area (Å²) < 4.78 is 17.8. The highest BCUT2D eigenvalue weighted by Gasteiger charge is 2.19. The molecular formula is C19H16N4O5S. The Labute approximate surface area is 169 Å². The normalized spacial score (nSPS) is 10.9. The summed E-state index contributed by atoms with van der Waals surface area (Å²) in [5.74, 6) is 1.96. The summed E-state index contributed by atoms with van der Waals surface area (Å²) in [6.07, 6.45) is 0. The summed E-state index contributed by atoms with van der Waals surface area (Å²) in [4.78, 5) is 15.9. The van der Waals surface area contributed by atoms with Gasteiger partial charge >= 0.3 is 0 Å². The maximum atomic E-state index is 11.1. The van der Waals surface area contributed by atoms with E-state index in [1.807, 2.05) is 5.38 Å². The van der Waals surface area contributed by atoms with Crippen LogP contribution in [0.15, 0.2) is 41.8 Å². The number of fused-ring (bicyclic) bond motifs is 1. The number of nitrogens with zero attached hydrogens (tertiary/aromatic N) is 4. The molecule has 0 amide bonds. The number of benzene rings is 2. The summed E-state index contributed by atoms with van der Waals surface area (Å²) in [6.45, 7) is 0. The van der Waals surface area contributed by atoms with Gasteiger partial charge in [0.05, 0.1) is 31.9 Å². The van der Waals surface area contributed by atoms with Gasteiger partial charge in [0.15, 0.2) is 17.3 Å². The third-order valence-corrected chi connectivity index (χ3v) is 5.17. The Bertz CT molecular complexity index is 1190. The van der Waals surface area contributed by atoms with Crippen molar-refractivity contribution in [1.82, 2.24) is 14.6 Å². The van der Waals surface area contributed by atoms with Gasteiger partial charge in [-0.1, -0.05) is 12.1 Å². The van der Waals surface area contributed by atoms with Crippen LogP contribution in [0.25, 0.3) is 27.6 Å². The molecule has 0 aliphatic rings. The largest absolute Gasteiger partial charge is 0.493 e. The minimum absolute atomic E-state index is 0.0202. The van der Waals surface area contributed by atoms with Crippen molar-refractivity contribution in [3.63, 3.8) is 0 Å². The van der Waals surface area contributed by atoms with E-state index in [2.05, 4.69) is 10.1 Å². The number of thiazole rings is 1. The number of methoxy groups -OCH3 is 3. The molecule has 2 aromatic heterocycles. The summed E-state index contributed by atoms with van der Waals surface area (Å²) >= 11 is 1.40. The highest BCUT2D eigenvalue weighted by molar-refractivity contribution is 7.15. The maximum absolute atomic E-state index is 11.1. The fraction of sp³-hybridized carbons (Fsp3) is 0.158. The van der Waals surface area contributed by atoms with Gasteiger partial charge < -0.3 is 14.2 Å². The second-order valence-electron chi connectivity index (χ2n) is 5.97. The molecule has 0 radical (unpaired) electrons. The molecule has 0 aliphatic carbocycles. The molecule has 0 unspecified atom stereocenters. The van der Waals surface area contributed by atoms with Gasteiger partial charge in [-0.3, -0.25) is 10.1 Å². The predicted molar refractivity (Wildman–Crippen MR) is 108 cm³/mol. The van der Waals surface area contributed by atoms with Crippen molar-refractivity contribution in [3.05, 3.63) is 51.9 Å². The second-order valence-corrected chi connectivity index (χ2v) is 6.81. The van der Waals surface area contributed by atoms with E-state index in [0.29, 0.717) is 39.2 Å². The van der Waals surface area contributed by atoms with Gasteiger partial charge in [-0.2, -0.15) is 4.98 Å². The van der Waals surface area contributed by atoms with Crippen LogP contribution in [0.3, 0.4) is 0 Å². The zero-order chi connectivity index (χ0) is 20.5.